The predicted molar refractivity (Wildman–Crippen MR) is 35.9 cm³/mol. The Kier molecular flexibility index (Phi) is 2.92. The van der Waals surface area contributed by atoms with Crippen molar-refractivity contribution in [3.8, 4) is 0 Å². The summed E-state index contributed by atoms with van der Waals surface area (Å²) in [4.78, 5) is 0. The molecule has 0 aromatic carbocycles. The van der Waals surface area contributed by atoms with E-state index in [2.05, 4.69) is 0 Å². The summed E-state index contributed by atoms with van der Waals surface area (Å²) in [6.45, 7) is 3.99. The monoisotopic (exact) mass is 112 g/mol. The third-order valence-electron chi connectivity index (χ3n) is 0.942. The van der Waals surface area contributed by atoms with Gasteiger partial charge in [-0.15, -0.1) is 0 Å². The van der Waals surface area contributed by atoms with Crippen molar-refractivity contribution in [2.24, 2.45) is 11.7 Å². The first-order chi connectivity index (χ1) is 3.68. The quantitative estimate of drug-likeness (QED) is 0.517. The van der Waals surface area contributed by atoms with Crippen LogP contribution in [0.15, 0.2) is 11.8 Å². The molecule has 0 aromatic heterocycles. The number of hydrogen-bond donors (Lipinski definition) is 2. The van der Waals surface area contributed by atoms with Crippen LogP contribution < -0.4 is 5.73 Å². The highest BCUT2D eigenvalue weighted by Gasteiger charge is 1.92. The third-order valence-corrected chi connectivity index (χ3v) is 0.942. The average Bonchev–Trinajstić information content (AvgIpc) is 1.67. The summed E-state index contributed by atoms with van der Waals surface area (Å²) < 4.78 is 0. The van der Waals surface area contributed by atoms with Crippen molar-refractivity contribution in [2.75, 3.05) is 0 Å². The van der Waals surface area contributed by atoms with Crippen LogP contribution in [0.1, 0.15) is 13.8 Å². The summed E-state index contributed by atoms with van der Waals surface area (Å²) in [7, 11) is 0. The average molecular weight is 112 g/mol. The van der Waals surface area contributed by atoms with E-state index < -0.39 is 0 Å². The fourth-order valence-corrected chi connectivity index (χ4v) is 0.289. The van der Waals surface area contributed by atoms with E-state index in [9.17, 15) is 0 Å². The molecule has 0 aliphatic heterocycles. The third kappa shape index (κ3) is 2.39. The van der Waals surface area contributed by atoms with Gasteiger partial charge >= 0.3 is 0 Å². The second-order valence-electron chi connectivity index (χ2n) is 1.99. The summed E-state index contributed by atoms with van der Waals surface area (Å²) in [6, 6.07) is 0. The number of rotatable bonds is 2. The van der Waals surface area contributed by atoms with Crippen molar-refractivity contribution in [3.05, 3.63) is 11.8 Å². The minimum atomic E-state index is 0.358. The number of hydrogen-bond acceptors (Lipinski definition) is 2. The molecule has 0 amide bonds. The fraction of sp³-hybridized carbons (Fsp3) is 0.500. The normalized spacial score (nSPS) is 12.1. The van der Waals surface area contributed by atoms with Gasteiger partial charge in [-0.3, -0.25) is 0 Å². The van der Waals surface area contributed by atoms with Gasteiger partial charge in [0.1, 0.15) is 0 Å². The van der Waals surface area contributed by atoms with Crippen LogP contribution >= 0.6 is 0 Å². The van der Waals surface area contributed by atoms with Crippen molar-refractivity contribution < 1.29 is 0 Å². The lowest BCUT2D eigenvalue weighted by atomic mass is 10.1. The van der Waals surface area contributed by atoms with Gasteiger partial charge in [-0.05, 0) is 12.0 Å². The molecule has 0 saturated carbocycles. The molecule has 0 aliphatic rings. The van der Waals surface area contributed by atoms with Gasteiger partial charge in [-0.25, -0.2) is 0 Å². The molecule has 0 rings (SSSR count). The molecule has 2 nitrogen and oxygen atoms in total. The van der Waals surface area contributed by atoms with Crippen LogP contribution in [0.25, 0.3) is 0 Å². The lowest BCUT2D eigenvalue weighted by Gasteiger charge is -2.00. The Balaban J connectivity index is 3.78. The van der Waals surface area contributed by atoms with Gasteiger partial charge in [-0.1, -0.05) is 13.8 Å². The highest BCUT2D eigenvalue weighted by atomic mass is 14.6. The van der Waals surface area contributed by atoms with Crippen LogP contribution in [0.4, 0.5) is 0 Å². The van der Waals surface area contributed by atoms with Crippen molar-refractivity contribution in [3.63, 3.8) is 0 Å². The summed E-state index contributed by atoms with van der Waals surface area (Å²) in [5, 5.41) is 6.64. The molecular formula is C6H12N2. The maximum Gasteiger partial charge on any atom is 0.0194 e. The van der Waals surface area contributed by atoms with Gasteiger partial charge in [0.2, 0.25) is 0 Å². The van der Waals surface area contributed by atoms with Crippen molar-refractivity contribution in [1.82, 2.24) is 0 Å². The topological polar surface area (TPSA) is 49.9 Å². The van der Waals surface area contributed by atoms with Crippen LogP contribution in [0.2, 0.25) is 0 Å². The Morgan fingerprint density at radius 2 is 2.12 bits per heavy atom. The van der Waals surface area contributed by atoms with E-state index in [1.165, 1.54) is 6.21 Å². The van der Waals surface area contributed by atoms with Crippen LogP contribution in [-0.2, 0) is 0 Å². The lowest BCUT2D eigenvalue weighted by Crippen LogP contribution is -2.04. The highest BCUT2D eigenvalue weighted by Crippen LogP contribution is 1.99. The zero-order valence-electron chi connectivity index (χ0n) is 5.31. The van der Waals surface area contributed by atoms with E-state index in [0.29, 0.717) is 5.92 Å². The molecule has 0 aliphatic carbocycles. The zero-order chi connectivity index (χ0) is 6.57. The molecule has 8 heavy (non-hydrogen) atoms. The zero-order valence-corrected chi connectivity index (χ0v) is 5.31. The van der Waals surface area contributed by atoms with Gasteiger partial charge in [0, 0.05) is 11.9 Å². The minimum Gasteiger partial charge on any atom is -0.402 e. The van der Waals surface area contributed by atoms with Crippen molar-refractivity contribution in [1.29, 1.82) is 5.41 Å². The van der Waals surface area contributed by atoms with E-state index in [0.717, 1.165) is 5.70 Å². The molecule has 0 atom stereocenters. The van der Waals surface area contributed by atoms with E-state index in [4.69, 9.17) is 11.1 Å². The summed E-state index contributed by atoms with van der Waals surface area (Å²) >= 11 is 0. The second-order valence-corrected chi connectivity index (χ2v) is 1.99. The van der Waals surface area contributed by atoms with E-state index in [1.807, 2.05) is 13.8 Å². The molecule has 3 N–H and O–H groups in total. The SMILES string of the molecule is CC(C)C(N)=CC=N. The molecule has 0 saturated heterocycles. The van der Waals surface area contributed by atoms with Gasteiger partial charge < -0.3 is 11.1 Å². The van der Waals surface area contributed by atoms with Crippen molar-refractivity contribution in [2.45, 2.75) is 13.8 Å². The molecular weight excluding hydrogens is 100 g/mol. The highest BCUT2D eigenvalue weighted by molar-refractivity contribution is 5.68. The molecule has 0 fully saturated rings. The Morgan fingerprint density at radius 1 is 1.62 bits per heavy atom. The maximum absolute atomic E-state index is 6.64. The Morgan fingerprint density at radius 3 is 2.25 bits per heavy atom. The number of nitrogens with one attached hydrogen (secondary N) is 1. The molecule has 0 aromatic rings. The first-order valence-corrected chi connectivity index (χ1v) is 2.64. The van der Waals surface area contributed by atoms with Crippen LogP contribution in [-0.4, -0.2) is 6.21 Å². The van der Waals surface area contributed by atoms with Crippen molar-refractivity contribution >= 4 is 6.21 Å². The van der Waals surface area contributed by atoms with Gasteiger partial charge in [0.15, 0.2) is 0 Å². The summed E-state index contributed by atoms with van der Waals surface area (Å²) in [5.41, 5.74) is 6.20. The molecule has 0 unspecified atom stereocenters. The second kappa shape index (κ2) is 3.24. The fourth-order valence-electron chi connectivity index (χ4n) is 0.289. The standard InChI is InChI=1S/C6H12N2/c1-5(2)6(8)3-4-7/h3-5,7H,8H2,1-2H3. The smallest absolute Gasteiger partial charge is 0.0194 e. The van der Waals surface area contributed by atoms with E-state index >= 15 is 0 Å². The Hall–Kier alpha value is -0.790. The van der Waals surface area contributed by atoms with Crippen LogP contribution in [0.3, 0.4) is 0 Å². The molecule has 0 spiro atoms. The maximum atomic E-state index is 6.64. The Labute approximate surface area is 49.9 Å². The largest absolute Gasteiger partial charge is 0.402 e. The van der Waals surface area contributed by atoms with E-state index in [-0.39, 0.29) is 0 Å². The molecule has 2 heteroatoms. The van der Waals surface area contributed by atoms with Crippen LogP contribution in [0.5, 0.6) is 0 Å². The van der Waals surface area contributed by atoms with Crippen LogP contribution in [0, 0.1) is 11.3 Å². The number of nitrogens with two attached hydrogens (primary N) is 1. The molecule has 0 heterocycles. The number of allylic oxidation sites excluding steroid dienone is 2. The molecule has 0 radical (unpaired) electrons. The molecule has 0 bridgehead atoms. The first kappa shape index (κ1) is 7.21. The van der Waals surface area contributed by atoms with Gasteiger partial charge in [0.25, 0.3) is 0 Å². The Bertz CT molecular complexity index is 103. The summed E-state index contributed by atoms with van der Waals surface area (Å²) in [5.74, 6) is 0.358. The van der Waals surface area contributed by atoms with Gasteiger partial charge in [0.05, 0.1) is 0 Å². The minimum absolute atomic E-state index is 0.358. The van der Waals surface area contributed by atoms with E-state index in [1.54, 1.807) is 6.08 Å². The molecule has 46 valence electrons. The lowest BCUT2D eigenvalue weighted by molar-refractivity contribution is 0.759. The predicted octanol–water partition coefficient (Wildman–Crippen LogP) is 1.13. The van der Waals surface area contributed by atoms with Gasteiger partial charge in [-0.2, -0.15) is 0 Å². The first-order valence-electron chi connectivity index (χ1n) is 2.64. The summed E-state index contributed by atoms with van der Waals surface area (Å²) in [6.07, 6.45) is 2.81.